The number of hydrogen-bond donors (Lipinski definition) is 1. The van der Waals surface area contributed by atoms with Crippen molar-refractivity contribution in [2.24, 2.45) is 0 Å². The molecule has 9 heteroatoms. The van der Waals surface area contributed by atoms with E-state index in [0.29, 0.717) is 12.4 Å². The van der Waals surface area contributed by atoms with Gasteiger partial charge in [-0.2, -0.15) is 4.31 Å². The van der Waals surface area contributed by atoms with Gasteiger partial charge >= 0.3 is 5.97 Å². The predicted octanol–water partition coefficient (Wildman–Crippen LogP) is 2.52. The van der Waals surface area contributed by atoms with Crippen molar-refractivity contribution in [3.05, 3.63) is 24.0 Å². The van der Waals surface area contributed by atoms with Gasteiger partial charge in [-0.15, -0.1) is 0 Å². The molecule has 0 aliphatic carbocycles. The second-order valence-corrected chi connectivity index (χ2v) is 7.84. The summed E-state index contributed by atoms with van der Waals surface area (Å²) in [5.74, 6) is -1.30. The van der Waals surface area contributed by atoms with Gasteiger partial charge in [-0.25, -0.2) is 8.42 Å². The van der Waals surface area contributed by atoms with Crippen molar-refractivity contribution in [2.75, 3.05) is 20.2 Å². The quantitative estimate of drug-likeness (QED) is 0.523. The van der Waals surface area contributed by atoms with Gasteiger partial charge in [0.25, 0.3) is 0 Å². The van der Waals surface area contributed by atoms with Gasteiger partial charge in [0.05, 0.1) is 11.5 Å². The molecule has 0 saturated heterocycles. The van der Waals surface area contributed by atoms with Crippen LogP contribution >= 0.6 is 0 Å². The monoisotopic (exact) mass is 383 g/mol. The number of sulfonamides is 1. The molecule has 0 radical (unpaired) electrons. The normalized spacial score (nSPS) is 11.8. The molecule has 0 saturated carbocycles. The lowest BCUT2D eigenvalue weighted by molar-refractivity contribution is -0.137. The summed E-state index contributed by atoms with van der Waals surface area (Å²) in [6.07, 6.45) is 1.73. The molecule has 1 heterocycles. The number of unbranched alkanes of at least 4 members (excludes halogenated alkanes) is 1. The van der Waals surface area contributed by atoms with Gasteiger partial charge in [-0.1, -0.05) is 13.3 Å². The average Bonchev–Trinajstić information content (AvgIpc) is 3.00. The minimum Gasteiger partial charge on any atom is -0.490 e. The second kappa shape index (κ2) is 7.88. The molecule has 0 aliphatic heterocycles. The van der Waals surface area contributed by atoms with Crippen LogP contribution in [0.5, 0.6) is 5.75 Å². The zero-order valence-corrected chi connectivity index (χ0v) is 15.6. The maximum Gasteiger partial charge on any atom is 0.318 e. The van der Waals surface area contributed by atoms with Crippen molar-refractivity contribution >= 4 is 32.7 Å². The first kappa shape index (κ1) is 19.9. The van der Waals surface area contributed by atoms with Crippen LogP contribution in [0.3, 0.4) is 0 Å². The van der Waals surface area contributed by atoms with E-state index in [-0.39, 0.29) is 27.4 Å². The van der Waals surface area contributed by atoms with E-state index in [1.807, 2.05) is 6.92 Å². The number of ether oxygens (including phenoxy) is 1. The fraction of sp³-hybridized carbons (Fsp3) is 0.412. The minimum absolute atomic E-state index is 0.00359. The lowest BCUT2D eigenvalue weighted by Gasteiger charge is -2.16. The summed E-state index contributed by atoms with van der Waals surface area (Å²) >= 11 is 0. The van der Waals surface area contributed by atoms with Crippen LogP contribution < -0.4 is 4.74 Å². The lowest BCUT2D eigenvalue weighted by atomic mass is 10.2. The van der Waals surface area contributed by atoms with E-state index in [9.17, 15) is 18.0 Å². The molecule has 0 fully saturated rings. The summed E-state index contributed by atoms with van der Waals surface area (Å²) in [7, 11) is -2.92. The molecule has 0 bridgehead atoms. The number of rotatable bonds is 9. The maximum absolute atomic E-state index is 12.7. The van der Waals surface area contributed by atoms with Crippen molar-refractivity contribution in [1.29, 1.82) is 0 Å². The Morgan fingerprint density at radius 1 is 1.31 bits per heavy atom. The number of benzene rings is 1. The summed E-state index contributed by atoms with van der Waals surface area (Å²) in [5, 5.41) is 9.04. The molecule has 0 atom stereocenters. The Morgan fingerprint density at radius 3 is 2.58 bits per heavy atom. The molecule has 2 rings (SSSR count). The lowest BCUT2D eigenvalue weighted by Crippen LogP contribution is -2.32. The summed E-state index contributed by atoms with van der Waals surface area (Å²) in [6, 6.07) is 4.12. The second-order valence-electron chi connectivity index (χ2n) is 5.83. The minimum atomic E-state index is -4.09. The Balaban J connectivity index is 2.59. The van der Waals surface area contributed by atoms with Gasteiger partial charge in [0, 0.05) is 19.4 Å². The first-order valence-electron chi connectivity index (χ1n) is 8.07. The van der Waals surface area contributed by atoms with Crippen molar-refractivity contribution in [3.8, 4) is 5.75 Å². The number of aliphatic carboxylic acids is 1. The molecule has 1 N–H and O–H groups in total. The van der Waals surface area contributed by atoms with Gasteiger partial charge in [0.1, 0.15) is 6.54 Å². The Hall–Kier alpha value is -2.39. The third-order valence-corrected chi connectivity index (χ3v) is 5.62. The number of hydrogen-bond acceptors (Lipinski definition) is 6. The Bertz CT molecular complexity index is 930. The molecule has 0 amide bonds. The number of fused-ring (bicyclic) bond motifs is 1. The van der Waals surface area contributed by atoms with Crippen LogP contribution in [0, 0.1) is 0 Å². The van der Waals surface area contributed by atoms with Gasteiger partial charge in [0.2, 0.25) is 10.0 Å². The van der Waals surface area contributed by atoms with Crippen molar-refractivity contribution < 1.29 is 32.3 Å². The van der Waals surface area contributed by atoms with Gasteiger partial charge in [-0.05, 0) is 24.6 Å². The number of furan rings is 1. The highest BCUT2D eigenvalue weighted by molar-refractivity contribution is 7.89. The highest BCUT2D eigenvalue weighted by Crippen LogP contribution is 2.35. The number of Topliss-reactive ketones (excluding diaryl/α,β-unsaturated/α-hetero) is 1. The molecule has 142 valence electrons. The molecule has 0 unspecified atom stereocenters. The zero-order valence-electron chi connectivity index (χ0n) is 14.8. The number of carboxylic acid groups (broad SMARTS) is 1. The molecule has 0 aliphatic rings. The summed E-state index contributed by atoms with van der Waals surface area (Å²) in [5.41, 5.74) is 0.149. The van der Waals surface area contributed by atoms with Crippen LogP contribution in [0.4, 0.5) is 0 Å². The maximum atomic E-state index is 12.7. The number of likely N-dealkylation sites (N-methyl/N-ethyl adjacent to an activating group) is 1. The van der Waals surface area contributed by atoms with Crippen molar-refractivity contribution in [3.63, 3.8) is 0 Å². The summed E-state index contributed by atoms with van der Waals surface area (Å²) in [4.78, 5) is 22.4. The SMILES string of the molecule is CCCCOc1ccc(S(=O)(=O)N(C)CC(=O)O)c2cc(C(C)=O)oc12. The number of carbonyl (C=O) groups excluding carboxylic acids is 1. The summed E-state index contributed by atoms with van der Waals surface area (Å²) in [6.45, 7) is 3.05. The Kier molecular flexibility index (Phi) is 6.04. The van der Waals surface area contributed by atoms with E-state index in [1.54, 1.807) is 0 Å². The molecule has 2 aromatic rings. The fourth-order valence-electron chi connectivity index (χ4n) is 2.36. The number of nitrogens with zero attached hydrogens (tertiary/aromatic N) is 1. The smallest absolute Gasteiger partial charge is 0.318 e. The van der Waals surface area contributed by atoms with E-state index in [1.165, 1.54) is 32.2 Å². The number of ketones is 1. The van der Waals surface area contributed by atoms with E-state index in [4.69, 9.17) is 14.3 Å². The third-order valence-electron chi connectivity index (χ3n) is 3.76. The number of carboxylic acids is 1. The third kappa shape index (κ3) is 4.05. The Labute approximate surface area is 151 Å². The fourth-order valence-corrected chi connectivity index (χ4v) is 3.64. The van der Waals surface area contributed by atoms with Gasteiger partial charge in [-0.3, -0.25) is 9.59 Å². The van der Waals surface area contributed by atoms with Crippen LogP contribution in [-0.4, -0.2) is 49.8 Å². The average molecular weight is 383 g/mol. The molecule has 26 heavy (non-hydrogen) atoms. The highest BCUT2D eigenvalue weighted by Gasteiger charge is 2.28. The van der Waals surface area contributed by atoms with E-state index in [0.717, 1.165) is 17.1 Å². The molecule has 1 aromatic carbocycles. The van der Waals surface area contributed by atoms with Crippen LogP contribution in [0.25, 0.3) is 11.0 Å². The molecule has 0 spiro atoms. The molecule has 8 nitrogen and oxygen atoms in total. The Morgan fingerprint density at radius 2 is 2.00 bits per heavy atom. The first-order chi connectivity index (χ1) is 12.2. The van der Waals surface area contributed by atoms with Crippen LogP contribution in [0.15, 0.2) is 27.5 Å². The first-order valence-corrected chi connectivity index (χ1v) is 9.51. The van der Waals surface area contributed by atoms with Crippen molar-refractivity contribution in [1.82, 2.24) is 4.31 Å². The van der Waals surface area contributed by atoms with E-state index in [2.05, 4.69) is 0 Å². The molecular formula is C17H21NO7S. The van der Waals surface area contributed by atoms with Crippen LogP contribution in [-0.2, 0) is 14.8 Å². The topological polar surface area (TPSA) is 114 Å². The van der Waals surface area contributed by atoms with Gasteiger partial charge < -0.3 is 14.3 Å². The number of carbonyl (C=O) groups is 2. The van der Waals surface area contributed by atoms with Crippen molar-refractivity contribution in [2.45, 2.75) is 31.6 Å². The van der Waals surface area contributed by atoms with E-state index < -0.39 is 22.5 Å². The standard InChI is InChI=1S/C17H21NO7S/c1-4-5-8-24-13-6-7-15(26(22,23)18(3)10-16(20)21)12-9-14(11(2)19)25-17(12)13/h6-7,9H,4-5,8,10H2,1-3H3,(H,20,21). The van der Waals surface area contributed by atoms with E-state index >= 15 is 0 Å². The largest absolute Gasteiger partial charge is 0.490 e. The predicted molar refractivity (Wildman–Crippen MR) is 94.1 cm³/mol. The molecular weight excluding hydrogens is 362 g/mol. The molecule has 1 aromatic heterocycles. The van der Waals surface area contributed by atoms with Crippen LogP contribution in [0.2, 0.25) is 0 Å². The zero-order chi connectivity index (χ0) is 19.5. The van der Waals surface area contributed by atoms with Crippen LogP contribution in [0.1, 0.15) is 37.2 Å². The van der Waals surface area contributed by atoms with Gasteiger partial charge in [0.15, 0.2) is 22.9 Å². The summed E-state index contributed by atoms with van der Waals surface area (Å²) < 4.78 is 37.3. The highest BCUT2D eigenvalue weighted by atomic mass is 32.2.